The number of carbonyl (C=O) groups is 3. The Balaban J connectivity index is 0.00000468. The maximum Gasteiger partial charge on any atom is 0.305 e. The van der Waals surface area contributed by atoms with Crippen LogP contribution in [0.4, 0.5) is 0 Å². The number of nitrogens with one attached hydrogen (secondary N) is 2. The summed E-state index contributed by atoms with van der Waals surface area (Å²) in [6.45, 7) is 12.2. The van der Waals surface area contributed by atoms with Crippen molar-refractivity contribution in [3.63, 3.8) is 0 Å². The Hall–Kier alpha value is -3.48. The van der Waals surface area contributed by atoms with Crippen LogP contribution in [0.2, 0.25) is 0 Å². The first-order chi connectivity index (χ1) is 23.8. The summed E-state index contributed by atoms with van der Waals surface area (Å²) in [5, 5.41) is 0. The molecule has 13 heteroatoms. The summed E-state index contributed by atoms with van der Waals surface area (Å²) in [6, 6.07) is 0. The molecule has 52 heavy (non-hydrogen) atoms. The summed E-state index contributed by atoms with van der Waals surface area (Å²) >= 11 is 6.32. The predicted octanol–water partition coefficient (Wildman–Crippen LogP) is 8.84. The third kappa shape index (κ3) is 10.3. The first-order valence-electron chi connectivity index (χ1n) is 16.9. The molecule has 0 saturated carbocycles. The van der Waals surface area contributed by atoms with E-state index >= 15 is 0 Å². The zero-order valence-corrected chi connectivity index (χ0v) is 35.7. The Morgan fingerprint density at radius 2 is 1.13 bits per heavy atom. The van der Waals surface area contributed by atoms with E-state index in [-0.39, 0.29) is 58.3 Å². The molecule has 4 heterocycles. The van der Waals surface area contributed by atoms with Gasteiger partial charge in [0.25, 0.3) is 0 Å². The number of methoxy groups -OCH3 is 3. The maximum atomic E-state index is 12.2. The number of hydrogen-bond acceptors (Lipinski definition) is 8. The molecule has 0 atom stereocenters. The van der Waals surface area contributed by atoms with Gasteiger partial charge in [0.05, 0.1) is 44.1 Å². The highest BCUT2D eigenvalue weighted by atomic mass is 79.9. The lowest BCUT2D eigenvalue weighted by atomic mass is 9.95. The van der Waals surface area contributed by atoms with Crippen LogP contribution in [-0.2, 0) is 41.4 Å². The van der Waals surface area contributed by atoms with E-state index in [4.69, 9.17) is 35.8 Å². The number of ether oxygens (including phenoxy) is 3. The number of aromatic nitrogens is 2. The Labute approximate surface area is 332 Å². The Morgan fingerprint density at radius 1 is 0.615 bits per heavy atom. The van der Waals surface area contributed by atoms with E-state index in [1.165, 1.54) is 21.3 Å². The van der Waals surface area contributed by atoms with Crippen LogP contribution < -0.4 is 0 Å². The van der Waals surface area contributed by atoms with Crippen molar-refractivity contribution in [2.24, 2.45) is 9.98 Å². The molecule has 2 aliphatic heterocycles. The summed E-state index contributed by atoms with van der Waals surface area (Å²) in [7, 11) is 4.20. The lowest BCUT2D eigenvalue weighted by molar-refractivity contribution is -0.141. The van der Waals surface area contributed by atoms with Crippen molar-refractivity contribution < 1.29 is 28.6 Å². The number of hydrogen-bond donors (Lipinski definition) is 2. The monoisotopic (exact) mass is 864 g/mol. The predicted molar refractivity (Wildman–Crippen MR) is 219 cm³/mol. The number of halogens is 3. The van der Waals surface area contributed by atoms with E-state index < -0.39 is 0 Å². The fourth-order valence-corrected chi connectivity index (χ4v) is 6.84. The highest BCUT2D eigenvalue weighted by Crippen LogP contribution is 2.37. The van der Waals surface area contributed by atoms with Crippen molar-refractivity contribution in [3.8, 4) is 0 Å². The van der Waals surface area contributed by atoms with Crippen molar-refractivity contribution >= 4 is 87.0 Å². The van der Waals surface area contributed by atoms with Gasteiger partial charge in [-0.05, 0) is 124 Å². The van der Waals surface area contributed by atoms with Crippen LogP contribution in [0.5, 0.6) is 0 Å². The van der Waals surface area contributed by atoms with Gasteiger partial charge in [-0.1, -0.05) is 0 Å². The van der Waals surface area contributed by atoms with E-state index in [0.29, 0.717) is 50.8 Å². The molecule has 0 aliphatic carbocycles. The van der Waals surface area contributed by atoms with Crippen molar-refractivity contribution in [2.75, 3.05) is 27.2 Å². The average molecular weight is 867 g/mol. The minimum absolute atomic E-state index is 0. The second-order valence-electron chi connectivity index (χ2n) is 12.8. The second kappa shape index (κ2) is 20.1. The van der Waals surface area contributed by atoms with Gasteiger partial charge < -0.3 is 24.2 Å². The molecule has 10 nitrogen and oxygen atoms in total. The van der Waals surface area contributed by atoms with Crippen LogP contribution in [0.15, 0.2) is 43.7 Å². The molecule has 0 radical (unpaired) electrons. The minimum Gasteiger partial charge on any atom is -0.469 e. The third-order valence-electron chi connectivity index (χ3n) is 9.85. The van der Waals surface area contributed by atoms with Gasteiger partial charge >= 0.3 is 17.9 Å². The van der Waals surface area contributed by atoms with Crippen molar-refractivity contribution in [1.29, 1.82) is 0 Å². The van der Waals surface area contributed by atoms with Gasteiger partial charge in [0.2, 0.25) is 0 Å². The zero-order valence-electron chi connectivity index (χ0n) is 31.6. The summed E-state index contributed by atoms with van der Waals surface area (Å²) in [5.74, 6) is -0.329. The number of H-pyrrole nitrogens is 2. The smallest absolute Gasteiger partial charge is 0.305 e. The average Bonchev–Trinajstić information content (AvgIpc) is 3.74. The number of nitrogens with zero attached hydrogens (tertiary/aromatic N) is 2. The van der Waals surface area contributed by atoms with Crippen LogP contribution in [0.1, 0.15) is 97.4 Å². The number of aliphatic imine (C=N–C) groups is 2. The Kier molecular flexibility index (Phi) is 17.3. The molecule has 0 unspecified atom stereocenters. The molecule has 0 saturated heterocycles. The molecule has 2 aromatic heterocycles. The fraction of sp³-hybridized carbons (Fsp3) is 0.462. The lowest BCUT2D eigenvalue weighted by Crippen LogP contribution is -2.10. The van der Waals surface area contributed by atoms with Crippen LogP contribution >= 0.6 is 45.6 Å². The van der Waals surface area contributed by atoms with E-state index in [9.17, 15) is 14.4 Å². The quantitative estimate of drug-likeness (QED) is 0.104. The van der Waals surface area contributed by atoms with Gasteiger partial charge in [-0.2, -0.15) is 0 Å². The normalized spacial score (nSPS) is 15.5. The molecule has 0 fully saturated rings. The molecule has 284 valence electrons. The molecule has 2 aliphatic rings. The van der Waals surface area contributed by atoms with E-state index in [1.807, 2.05) is 33.8 Å². The largest absolute Gasteiger partial charge is 0.469 e. The van der Waals surface area contributed by atoms with Crippen LogP contribution in [0.3, 0.4) is 0 Å². The van der Waals surface area contributed by atoms with Gasteiger partial charge in [-0.3, -0.25) is 24.4 Å². The Morgan fingerprint density at radius 3 is 1.71 bits per heavy atom. The molecular weight excluding hydrogens is 816 g/mol. The minimum atomic E-state index is -0.284. The highest BCUT2D eigenvalue weighted by molar-refractivity contribution is 8.93. The van der Waals surface area contributed by atoms with Crippen LogP contribution in [0.25, 0.3) is 12.2 Å². The zero-order chi connectivity index (χ0) is 36.7. The molecule has 2 aromatic rings. The number of aryl methyl sites for hydroxylation is 2. The van der Waals surface area contributed by atoms with Gasteiger partial charge in [-0.25, -0.2) is 0 Å². The Bertz CT molecular complexity index is 1880. The van der Waals surface area contributed by atoms with Crippen LogP contribution in [-0.4, -0.2) is 66.5 Å². The summed E-state index contributed by atoms with van der Waals surface area (Å²) in [6.07, 6.45) is 7.68. The molecule has 0 amide bonds. The molecule has 0 bridgehead atoms. The van der Waals surface area contributed by atoms with Gasteiger partial charge in [0, 0.05) is 54.3 Å². The van der Waals surface area contributed by atoms with E-state index in [2.05, 4.69) is 29.9 Å². The first-order valence-corrected chi connectivity index (χ1v) is 17.5. The van der Waals surface area contributed by atoms with Crippen molar-refractivity contribution in [2.45, 2.75) is 92.9 Å². The number of carbonyl (C=O) groups excluding carboxylic acids is 3. The van der Waals surface area contributed by atoms with Crippen molar-refractivity contribution in [3.05, 3.63) is 78.7 Å². The molecule has 4 rings (SSSR count). The van der Waals surface area contributed by atoms with Gasteiger partial charge in [0.15, 0.2) is 0 Å². The first kappa shape index (κ1) is 44.7. The molecular formula is C39H51Br2ClN4O6. The van der Waals surface area contributed by atoms with Crippen molar-refractivity contribution in [1.82, 2.24) is 9.97 Å². The molecule has 0 spiro atoms. The SMILES string of the molecule is Br.Br.COC(=O)CCC1=C(C)C(CC2=N/C(=C/c3[nH]c(C)c(C)c3CCC(=O)OC)C(C)=C2CCCl)=N/C1=C\c1[nH]c(C)c(CCC(=O)OC)c1C. The van der Waals surface area contributed by atoms with Crippen LogP contribution in [0, 0.1) is 27.7 Å². The fourth-order valence-electron chi connectivity index (χ4n) is 6.65. The lowest BCUT2D eigenvalue weighted by Gasteiger charge is -2.08. The van der Waals surface area contributed by atoms with Gasteiger partial charge in [-0.15, -0.1) is 45.6 Å². The number of aromatic amines is 2. The summed E-state index contributed by atoms with van der Waals surface area (Å²) in [4.78, 5) is 53.2. The van der Waals surface area contributed by atoms with E-state index in [1.54, 1.807) is 0 Å². The second-order valence-corrected chi connectivity index (χ2v) is 13.1. The third-order valence-corrected chi connectivity index (χ3v) is 10.0. The van der Waals surface area contributed by atoms with Gasteiger partial charge in [0.1, 0.15) is 0 Å². The number of alkyl halides is 1. The molecule has 2 N–H and O–H groups in total. The van der Waals surface area contributed by atoms with E-state index in [0.717, 1.165) is 90.1 Å². The highest BCUT2D eigenvalue weighted by Gasteiger charge is 2.28. The summed E-state index contributed by atoms with van der Waals surface area (Å²) in [5.41, 5.74) is 15.8. The standard InChI is InChI=1S/C39H49ClN4O6.2BrH/c1-21-25(5)41-34(28(21)11-14-38(46)49-8)19-32-24(4)30(16-17-40)36(44-32)20-33-23(3)29(12-15-39(47)50-9)35(43-33)18-31-22(2)27(26(6)42-31)10-13-37(45)48-7;;/h18-19,41-42H,10-17,20H2,1-9H3;2*1H/b32-19+,35-18-;;. The number of rotatable bonds is 15. The molecule has 0 aromatic carbocycles. The topological polar surface area (TPSA) is 135 Å². The summed E-state index contributed by atoms with van der Waals surface area (Å²) < 4.78 is 14.7. The number of allylic oxidation sites excluding steroid dienone is 4. The maximum absolute atomic E-state index is 12.2. The number of esters is 3.